The fourth-order valence-electron chi connectivity index (χ4n) is 4.71. The zero-order chi connectivity index (χ0) is 26.2. The summed E-state index contributed by atoms with van der Waals surface area (Å²) in [6, 6.07) is 15.1. The van der Waals surface area contributed by atoms with E-state index in [0.29, 0.717) is 49.2 Å². The molecule has 1 aromatic heterocycles. The number of hydrogen-bond donors (Lipinski definition) is 2. The molecule has 0 radical (unpaired) electrons. The van der Waals surface area contributed by atoms with Gasteiger partial charge in [0.1, 0.15) is 17.1 Å². The van der Waals surface area contributed by atoms with Gasteiger partial charge in [0, 0.05) is 49.3 Å². The van der Waals surface area contributed by atoms with Gasteiger partial charge in [-0.15, -0.1) is 0 Å². The molecule has 1 atom stereocenters. The van der Waals surface area contributed by atoms with Crippen LogP contribution in [0.2, 0.25) is 0 Å². The number of rotatable bonds is 11. The first-order valence-corrected chi connectivity index (χ1v) is 12.8. The van der Waals surface area contributed by atoms with Gasteiger partial charge >= 0.3 is 5.63 Å². The van der Waals surface area contributed by atoms with E-state index in [9.17, 15) is 19.6 Å². The van der Waals surface area contributed by atoms with Crippen LogP contribution >= 0.6 is 0 Å². The molecular formula is C29H34N2O6. The van der Waals surface area contributed by atoms with Gasteiger partial charge in [0.25, 0.3) is 0 Å². The summed E-state index contributed by atoms with van der Waals surface area (Å²) in [4.78, 5) is 38.5. The summed E-state index contributed by atoms with van der Waals surface area (Å²) < 4.78 is 11.3. The Labute approximate surface area is 216 Å². The number of amides is 1. The number of Topliss-reactive ketones (excluding diaryl/α,β-unsaturated/α-hetero) is 1. The molecule has 196 valence electrons. The molecule has 37 heavy (non-hydrogen) atoms. The third-order valence-corrected chi connectivity index (χ3v) is 6.91. The number of likely N-dealkylation sites (tertiary alicyclic amines) is 1. The number of benzene rings is 2. The number of carbonyl (C=O) groups is 2. The van der Waals surface area contributed by atoms with E-state index in [4.69, 9.17) is 9.15 Å². The molecule has 4 rings (SSSR count). The van der Waals surface area contributed by atoms with Crippen molar-refractivity contribution in [2.24, 2.45) is 5.92 Å². The van der Waals surface area contributed by atoms with Crippen molar-refractivity contribution >= 4 is 22.7 Å². The number of hydrogen-bond acceptors (Lipinski definition) is 7. The maximum atomic E-state index is 12.5. The minimum Gasteiger partial charge on any atom is -0.494 e. The normalized spacial score (nSPS) is 15.0. The Morgan fingerprint density at radius 1 is 1.11 bits per heavy atom. The number of ketones is 1. The van der Waals surface area contributed by atoms with Crippen LogP contribution in [0.15, 0.2) is 57.7 Å². The van der Waals surface area contributed by atoms with E-state index < -0.39 is 17.5 Å². The van der Waals surface area contributed by atoms with Crippen molar-refractivity contribution < 1.29 is 24.0 Å². The molecular weight excluding hydrogens is 472 g/mol. The number of ether oxygens (including phenoxy) is 1. The van der Waals surface area contributed by atoms with Gasteiger partial charge < -0.3 is 14.1 Å². The van der Waals surface area contributed by atoms with Gasteiger partial charge in [-0.25, -0.2) is 10.3 Å². The van der Waals surface area contributed by atoms with Gasteiger partial charge in [0.05, 0.1) is 6.61 Å². The molecule has 1 saturated heterocycles. The molecule has 8 nitrogen and oxygen atoms in total. The Hall–Kier alpha value is -3.49. The third kappa shape index (κ3) is 7.50. The first-order chi connectivity index (χ1) is 17.9. The minimum atomic E-state index is -0.587. The molecule has 0 aliphatic carbocycles. The summed E-state index contributed by atoms with van der Waals surface area (Å²) in [5.41, 5.74) is 4.26. The van der Waals surface area contributed by atoms with Crippen molar-refractivity contribution in [3.05, 3.63) is 75.6 Å². The first kappa shape index (κ1) is 26.6. The van der Waals surface area contributed by atoms with Crippen LogP contribution in [0.25, 0.3) is 11.0 Å². The summed E-state index contributed by atoms with van der Waals surface area (Å²) in [6.45, 7) is 5.18. The van der Waals surface area contributed by atoms with Crippen molar-refractivity contribution in [2.45, 2.75) is 45.4 Å². The van der Waals surface area contributed by atoms with E-state index in [1.807, 2.05) is 43.3 Å². The second-order valence-corrected chi connectivity index (χ2v) is 9.74. The van der Waals surface area contributed by atoms with Crippen LogP contribution < -0.4 is 15.8 Å². The van der Waals surface area contributed by atoms with Crippen molar-refractivity contribution in [1.82, 2.24) is 10.4 Å². The van der Waals surface area contributed by atoms with Gasteiger partial charge in [-0.05, 0) is 68.5 Å². The number of fused-ring (bicyclic) bond motifs is 1. The van der Waals surface area contributed by atoms with Crippen LogP contribution in [0.3, 0.4) is 0 Å². The third-order valence-electron chi connectivity index (χ3n) is 6.91. The minimum absolute atomic E-state index is 0.172. The summed E-state index contributed by atoms with van der Waals surface area (Å²) in [6.07, 6.45) is 3.43. The maximum Gasteiger partial charge on any atom is 0.339 e. The van der Waals surface area contributed by atoms with Crippen LogP contribution in [0.1, 0.15) is 42.4 Å². The average Bonchev–Trinajstić information content (AvgIpc) is 2.90. The number of piperidine rings is 1. The number of hydroxylamine groups is 1. The van der Waals surface area contributed by atoms with E-state index in [2.05, 4.69) is 4.90 Å². The fraction of sp³-hybridized carbons (Fsp3) is 0.414. The zero-order valence-corrected chi connectivity index (χ0v) is 21.2. The highest BCUT2D eigenvalue weighted by molar-refractivity contribution is 5.80. The standard InChI is InChI=1S/C29H34N2O6/c1-20-3-10-27-23(17-20)19-24(29(34)37-27)18-22(28(33)30-35)7-4-21-5-8-26(9-6-21)36-16-2-13-31-14-11-25(32)12-15-31/h3,5-6,8-10,17,19,22,35H,2,4,7,11-16,18H2,1H3,(H,30,33). The number of nitrogens with one attached hydrogen (secondary N) is 1. The smallest absolute Gasteiger partial charge is 0.339 e. The summed E-state index contributed by atoms with van der Waals surface area (Å²) >= 11 is 0. The van der Waals surface area contributed by atoms with Crippen molar-refractivity contribution in [2.75, 3.05) is 26.2 Å². The molecule has 1 aliphatic heterocycles. The second-order valence-electron chi connectivity index (χ2n) is 9.74. The summed E-state index contributed by atoms with van der Waals surface area (Å²) in [7, 11) is 0. The second kappa shape index (κ2) is 12.7. The monoisotopic (exact) mass is 506 g/mol. The van der Waals surface area contributed by atoms with E-state index in [-0.39, 0.29) is 6.42 Å². The molecule has 0 spiro atoms. The maximum absolute atomic E-state index is 12.5. The predicted octanol–water partition coefficient (Wildman–Crippen LogP) is 3.83. The molecule has 2 aromatic carbocycles. The lowest BCUT2D eigenvalue weighted by molar-refractivity contribution is -0.133. The molecule has 1 amide bonds. The lowest BCUT2D eigenvalue weighted by atomic mass is 9.92. The Balaban J connectivity index is 1.29. The molecule has 2 heterocycles. The zero-order valence-electron chi connectivity index (χ0n) is 21.2. The molecule has 0 bridgehead atoms. The van der Waals surface area contributed by atoms with Crippen molar-refractivity contribution in [3.63, 3.8) is 0 Å². The Morgan fingerprint density at radius 2 is 1.86 bits per heavy atom. The topological polar surface area (TPSA) is 109 Å². The van der Waals surface area contributed by atoms with E-state index in [0.717, 1.165) is 48.3 Å². The van der Waals surface area contributed by atoms with Gasteiger partial charge in [0.2, 0.25) is 5.91 Å². The van der Waals surface area contributed by atoms with E-state index >= 15 is 0 Å². The van der Waals surface area contributed by atoms with Crippen LogP contribution in [0, 0.1) is 12.8 Å². The molecule has 1 aliphatic rings. The highest BCUT2D eigenvalue weighted by atomic mass is 16.5. The molecule has 1 unspecified atom stereocenters. The first-order valence-electron chi connectivity index (χ1n) is 12.8. The quantitative estimate of drug-likeness (QED) is 0.176. The van der Waals surface area contributed by atoms with Gasteiger partial charge in [-0.3, -0.25) is 14.8 Å². The Morgan fingerprint density at radius 3 is 2.59 bits per heavy atom. The lowest BCUT2D eigenvalue weighted by Gasteiger charge is -2.25. The Bertz CT molecular complexity index is 1270. The predicted molar refractivity (Wildman–Crippen MR) is 140 cm³/mol. The van der Waals surface area contributed by atoms with Crippen molar-refractivity contribution in [3.8, 4) is 5.75 Å². The fourth-order valence-corrected chi connectivity index (χ4v) is 4.71. The largest absolute Gasteiger partial charge is 0.494 e. The van der Waals surface area contributed by atoms with E-state index in [1.54, 1.807) is 17.6 Å². The van der Waals surface area contributed by atoms with Crippen LogP contribution in [0.4, 0.5) is 0 Å². The lowest BCUT2D eigenvalue weighted by Crippen LogP contribution is -2.34. The van der Waals surface area contributed by atoms with Gasteiger partial charge in [-0.1, -0.05) is 23.8 Å². The van der Waals surface area contributed by atoms with Crippen LogP contribution in [0.5, 0.6) is 5.75 Å². The molecule has 2 N–H and O–H groups in total. The van der Waals surface area contributed by atoms with E-state index in [1.165, 1.54) is 0 Å². The molecule has 1 fully saturated rings. The summed E-state index contributed by atoms with van der Waals surface area (Å²) in [5.74, 6) is 0.0227. The molecule has 8 heteroatoms. The number of nitrogens with zero attached hydrogens (tertiary/aromatic N) is 1. The Kier molecular flexibility index (Phi) is 9.09. The van der Waals surface area contributed by atoms with Gasteiger partial charge in [-0.2, -0.15) is 0 Å². The van der Waals surface area contributed by atoms with Crippen LogP contribution in [-0.2, 0) is 22.4 Å². The van der Waals surface area contributed by atoms with Crippen molar-refractivity contribution in [1.29, 1.82) is 0 Å². The number of carbonyl (C=O) groups excluding carboxylic acids is 2. The summed E-state index contributed by atoms with van der Waals surface area (Å²) in [5, 5.41) is 10.1. The molecule has 3 aromatic rings. The molecule has 0 saturated carbocycles. The SMILES string of the molecule is Cc1ccc2oc(=O)c(CC(CCc3ccc(OCCCN4CCC(=O)CC4)cc3)C(=O)NO)cc2c1. The van der Waals surface area contributed by atoms with Gasteiger partial charge in [0.15, 0.2) is 0 Å². The highest BCUT2D eigenvalue weighted by Gasteiger charge is 2.21. The average molecular weight is 507 g/mol. The highest BCUT2D eigenvalue weighted by Crippen LogP contribution is 2.21. The van der Waals surface area contributed by atoms with Crippen LogP contribution in [-0.4, -0.2) is 48.0 Å². The number of aryl methyl sites for hydroxylation is 2.